The second-order valence-electron chi connectivity index (χ2n) is 6.72. The third-order valence-electron chi connectivity index (χ3n) is 4.28. The van der Waals surface area contributed by atoms with Crippen molar-refractivity contribution in [2.45, 2.75) is 13.3 Å². The zero-order valence-corrected chi connectivity index (χ0v) is 16.7. The van der Waals surface area contributed by atoms with Crippen LogP contribution in [-0.2, 0) is 0 Å². The first kappa shape index (κ1) is 19.3. The van der Waals surface area contributed by atoms with E-state index in [4.69, 9.17) is 16.3 Å². The number of hydrogen-bond donors (Lipinski definition) is 0. The molecule has 0 N–H and O–H groups in total. The maximum Gasteiger partial charge on any atom is 0.138 e. The highest BCUT2D eigenvalue weighted by Gasteiger charge is 2.13. The monoisotopic (exact) mass is 381 g/mol. The van der Waals surface area contributed by atoms with Gasteiger partial charge in [0.05, 0.1) is 23.0 Å². The summed E-state index contributed by atoms with van der Waals surface area (Å²) in [4.78, 5) is 11.3. The van der Waals surface area contributed by atoms with Gasteiger partial charge in [-0.15, -0.1) is 0 Å². The maximum absolute atomic E-state index is 6.34. The predicted molar refractivity (Wildman–Crippen MR) is 111 cm³/mol. The Morgan fingerprint density at radius 2 is 1.74 bits per heavy atom. The van der Waals surface area contributed by atoms with E-state index in [1.54, 1.807) is 12.4 Å². The standard InChI is InChI=1S/C22H24ClN3O/c1-16-7-4-11-24-21(16)18-8-5-12-25-22(18)17-9-10-19(23)20(15-17)27-14-6-13-26(2)3/h4-5,7-12,15H,6,13-14H2,1-3H3. The number of rotatable bonds is 7. The van der Waals surface area contributed by atoms with Crippen LogP contribution in [0.1, 0.15) is 12.0 Å². The zero-order chi connectivity index (χ0) is 19.2. The van der Waals surface area contributed by atoms with Gasteiger partial charge in [-0.2, -0.15) is 0 Å². The van der Waals surface area contributed by atoms with Crippen molar-refractivity contribution in [2.24, 2.45) is 0 Å². The van der Waals surface area contributed by atoms with E-state index in [0.29, 0.717) is 17.4 Å². The fraction of sp³-hybridized carbons (Fsp3) is 0.273. The second-order valence-corrected chi connectivity index (χ2v) is 7.13. The predicted octanol–water partition coefficient (Wildman–Crippen LogP) is 5.10. The summed E-state index contributed by atoms with van der Waals surface area (Å²) in [5, 5.41) is 0.607. The van der Waals surface area contributed by atoms with Crippen molar-refractivity contribution in [2.75, 3.05) is 27.2 Å². The van der Waals surface area contributed by atoms with Gasteiger partial charge in [0.2, 0.25) is 0 Å². The fourth-order valence-corrected chi connectivity index (χ4v) is 3.09. The van der Waals surface area contributed by atoms with Crippen molar-refractivity contribution in [3.63, 3.8) is 0 Å². The van der Waals surface area contributed by atoms with Crippen LogP contribution in [0.5, 0.6) is 5.75 Å². The van der Waals surface area contributed by atoms with Gasteiger partial charge in [0.1, 0.15) is 5.75 Å². The molecule has 27 heavy (non-hydrogen) atoms. The van der Waals surface area contributed by atoms with E-state index in [1.165, 1.54) is 0 Å². The summed E-state index contributed by atoms with van der Waals surface area (Å²) in [5.74, 6) is 0.683. The molecular weight excluding hydrogens is 358 g/mol. The van der Waals surface area contributed by atoms with E-state index < -0.39 is 0 Å². The van der Waals surface area contributed by atoms with Gasteiger partial charge in [0.15, 0.2) is 0 Å². The second kappa shape index (κ2) is 8.98. The minimum Gasteiger partial charge on any atom is -0.492 e. The van der Waals surface area contributed by atoms with Gasteiger partial charge in [0, 0.05) is 30.1 Å². The third kappa shape index (κ3) is 4.85. The van der Waals surface area contributed by atoms with Gasteiger partial charge in [-0.1, -0.05) is 23.7 Å². The first-order valence-corrected chi connectivity index (χ1v) is 9.38. The maximum atomic E-state index is 6.34. The summed E-state index contributed by atoms with van der Waals surface area (Å²) in [5.41, 5.74) is 4.87. The average molecular weight is 382 g/mol. The van der Waals surface area contributed by atoms with Gasteiger partial charge >= 0.3 is 0 Å². The van der Waals surface area contributed by atoms with Crippen molar-refractivity contribution < 1.29 is 4.74 Å². The van der Waals surface area contributed by atoms with E-state index >= 15 is 0 Å². The van der Waals surface area contributed by atoms with Gasteiger partial charge < -0.3 is 9.64 Å². The molecule has 0 aliphatic rings. The number of benzene rings is 1. The molecule has 0 fully saturated rings. The molecule has 2 heterocycles. The lowest BCUT2D eigenvalue weighted by Crippen LogP contribution is -2.15. The molecule has 3 aromatic rings. The minimum absolute atomic E-state index is 0.607. The van der Waals surface area contributed by atoms with E-state index in [0.717, 1.165) is 41.0 Å². The molecule has 1 aromatic carbocycles. The van der Waals surface area contributed by atoms with Crippen molar-refractivity contribution in [3.8, 4) is 28.3 Å². The largest absolute Gasteiger partial charge is 0.492 e. The molecule has 4 nitrogen and oxygen atoms in total. The van der Waals surface area contributed by atoms with Crippen LogP contribution in [0.15, 0.2) is 54.9 Å². The molecular formula is C22H24ClN3O. The Morgan fingerprint density at radius 1 is 1.00 bits per heavy atom. The molecule has 3 rings (SSSR count). The van der Waals surface area contributed by atoms with E-state index in [-0.39, 0.29) is 0 Å². The molecule has 0 bridgehead atoms. The molecule has 0 saturated carbocycles. The lowest BCUT2D eigenvalue weighted by molar-refractivity contribution is 0.282. The Balaban J connectivity index is 1.91. The van der Waals surface area contributed by atoms with Crippen LogP contribution in [0.3, 0.4) is 0 Å². The topological polar surface area (TPSA) is 38.3 Å². The molecule has 140 valence electrons. The molecule has 0 saturated heterocycles. The zero-order valence-electron chi connectivity index (χ0n) is 15.9. The summed E-state index contributed by atoms with van der Waals surface area (Å²) in [6.45, 7) is 3.65. The first-order chi connectivity index (χ1) is 13.1. The molecule has 5 heteroatoms. The third-order valence-corrected chi connectivity index (χ3v) is 4.60. The van der Waals surface area contributed by atoms with Crippen molar-refractivity contribution in [1.82, 2.24) is 14.9 Å². The lowest BCUT2D eigenvalue weighted by atomic mass is 10.0. The number of hydrogen-bond acceptors (Lipinski definition) is 4. The van der Waals surface area contributed by atoms with Gasteiger partial charge in [-0.3, -0.25) is 9.97 Å². The number of pyridine rings is 2. The summed E-state index contributed by atoms with van der Waals surface area (Å²) in [7, 11) is 4.10. The van der Waals surface area contributed by atoms with Crippen LogP contribution < -0.4 is 4.74 Å². The number of aryl methyl sites for hydroxylation is 1. The van der Waals surface area contributed by atoms with E-state index in [2.05, 4.69) is 42.0 Å². The van der Waals surface area contributed by atoms with E-state index in [9.17, 15) is 0 Å². The molecule has 0 aliphatic carbocycles. The molecule has 0 radical (unpaired) electrons. The summed E-state index contributed by atoms with van der Waals surface area (Å²) >= 11 is 6.34. The Hall–Kier alpha value is -2.43. The fourth-order valence-electron chi connectivity index (χ4n) is 2.92. The van der Waals surface area contributed by atoms with E-state index in [1.807, 2.05) is 36.4 Å². The number of halogens is 1. The van der Waals surface area contributed by atoms with Crippen molar-refractivity contribution in [3.05, 3.63) is 65.4 Å². The highest BCUT2D eigenvalue weighted by molar-refractivity contribution is 6.32. The van der Waals surface area contributed by atoms with Crippen LogP contribution in [0.4, 0.5) is 0 Å². The SMILES string of the molecule is Cc1cccnc1-c1cccnc1-c1ccc(Cl)c(OCCCN(C)C)c1. The quantitative estimate of drug-likeness (QED) is 0.533. The molecule has 0 spiro atoms. The number of aromatic nitrogens is 2. The van der Waals surface area contributed by atoms with Crippen LogP contribution in [0.2, 0.25) is 5.02 Å². The molecule has 2 aromatic heterocycles. The molecule has 0 atom stereocenters. The Morgan fingerprint density at radius 3 is 2.48 bits per heavy atom. The van der Waals surface area contributed by atoms with Crippen LogP contribution in [0.25, 0.3) is 22.5 Å². The number of nitrogens with zero attached hydrogens (tertiary/aromatic N) is 3. The Labute approximate surface area is 165 Å². The summed E-state index contributed by atoms with van der Waals surface area (Å²) in [6, 6.07) is 13.8. The van der Waals surface area contributed by atoms with Crippen LogP contribution >= 0.6 is 11.6 Å². The Kier molecular flexibility index (Phi) is 6.43. The van der Waals surface area contributed by atoms with Crippen molar-refractivity contribution >= 4 is 11.6 Å². The highest BCUT2D eigenvalue weighted by Crippen LogP contribution is 2.35. The lowest BCUT2D eigenvalue weighted by Gasteiger charge is -2.14. The Bertz CT molecular complexity index is 912. The first-order valence-electron chi connectivity index (χ1n) is 9.00. The summed E-state index contributed by atoms with van der Waals surface area (Å²) in [6.07, 6.45) is 4.54. The summed E-state index contributed by atoms with van der Waals surface area (Å²) < 4.78 is 5.92. The van der Waals surface area contributed by atoms with Gasteiger partial charge in [-0.05, 0) is 63.3 Å². The van der Waals surface area contributed by atoms with Gasteiger partial charge in [0.25, 0.3) is 0 Å². The van der Waals surface area contributed by atoms with Gasteiger partial charge in [-0.25, -0.2) is 0 Å². The minimum atomic E-state index is 0.607. The molecule has 0 unspecified atom stereocenters. The smallest absolute Gasteiger partial charge is 0.138 e. The van der Waals surface area contributed by atoms with Crippen LogP contribution in [-0.4, -0.2) is 42.1 Å². The number of ether oxygens (including phenoxy) is 1. The molecule has 0 aliphatic heterocycles. The average Bonchev–Trinajstić information content (AvgIpc) is 2.67. The van der Waals surface area contributed by atoms with Crippen LogP contribution in [0, 0.1) is 6.92 Å². The highest BCUT2D eigenvalue weighted by atomic mass is 35.5. The normalized spacial score (nSPS) is 11.0. The molecule has 0 amide bonds. The van der Waals surface area contributed by atoms with Crippen molar-refractivity contribution in [1.29, 1.82) is 0 Å².